The molecule has 2 atom stereocenters. The van der Waals surface area contributed by atoms with Crippen LogP contribution in [0.5, 0.6) is 0 Å². The minimum absolute atomic E-state index is 0.0426. The van der Waals surface area contributed by atoms with Gasteiger partial charge >= 0.3 is 5.97 Å². The third kappa shape index (κ3) is 3.53. The first-order chi connectivity index (χ1) is 14.0. The van der Waals surface area contributed by atoms with E-state index in [4.69, 9.17) is 9.15 Å². The molecule has 0 spiro atoms. The summed E-state index contributed by atoms with van der Waals surface area (Å²) in [4.78, 5) is 26.1. The van der Waals surface area contributed by atoms with Crippen LogP contribution in [0.15, 0.2) is 69.4 Å². The van der Waals surface area contributed by atoms with Crippen molar-refractivity contribution in [2.45, 2.75) is 45.4 Å². The number of carbonyl (C=O) groups is 2. The van der Waals surface area contributed by atoms with E-state index < -0.39 is 11.9 Å². The van der Waals surface area contributed by atoms with Crippen LogP contribution in [-0.4, -0.2) is 18.4 Å². The van der Waals surface area contributed by atoms with Crippen molar-refractivity contribution in [3.8, 4) is 0 Å². The van der Waals surface area contributed by atoms with Gasteiger partial charge in [-0.05, 0) is 50.8 Å². The summed E-state index contributed by atoms with van der Waals surface area (Å²) < 4.78 is 11.2. The highest BCUT2D eigenvalue weighted by Crippen LogP contribution is 2.45. The van der Waals surface area contributed by atoms with Gasteiger partial charge in [0.05, 0.1) is 18.1 Å². The first kappa shape index (κ1) is 19.2. The molecular formula is C24H25NO4. The molecule has 2 aliphatic rings. The Morgan fingerprint density at radius 2 is 1.90 bits per heavy atom. The number of dihydropyridines is 1. The number of benzene rings is 1. The lowest BCUT2D eigenvalue weighted by Gasteiger charge is -2.35. The molecule has 5 heteroatoms. The van der Waals surface area contributed by atoms with Crippen LogP contribution in [-0.2, 0) is 14.3 Å². The monoisotopic (exact) mass is 391 g/mol. The van der Waals surface area contributed by atoms with E-state index in [1.807, 2.05) is 44.2 Å². The van der Waals surface area contributed by atoms with Gasteiger partial charge in [-0.2, -0.15) is 0 Å². The van der Waals surface area contributed by atoms with Crippen LogP contribution in [0.3, 0.4) is 0 Å². The van der Waals surface area contributed by atoms with Gasteiger partial charge in [0.25, 0.3) is 0 Å². The highest BCUT2D eigenvalue weighted by Gasteiger charge is 2.42. The van der Waals surface area contributed by atoms with Crippen LogP contribution >= 0.6 is 0 Å². The van der Waals surface area contributed by atoms with Crippen LogP contribution in [0, 0.1) is 6.92 Å². The van der Waals surface area contributed by atoms with Crippen LogP contribution < -0.4 is 5.32 Å². The molecule has 4 rings (SSSR count). The van der Waals surface area contributed by atoms with E-state index in [0.717, 1.165) is 17.0 Å². The fraction of sp³-hybridized carbons (Fsp3) is 0.333. The second-order valence-corrected chi connectivity index (χ2v) is 7.60. The Balaban J connectivity index is 1.79. The molecule has 150 valence electrons. The summed E-state index contributed by atoms with van der Waals surface area (Å²) >= 11 is 0. The second-order valence-electron chi connectivity index (χ2n) is 7.60. The number of rotatable bonds is 4. The quantitative estimate of drug-likeness (QED) is 0.777. The molecule has 29 heavy (non-hydrogen) atoms. The number of allylic oxidation sites excluding steroid dienone is 3. The summed E-state index contributed by atoms with van der Waals surface area (Å²) in [6.45, 7) is 5.76. The number of hydrogen-bond acceptors (Lipinski definition) is 5. The third-order valence-corrected chi connectivity index (χ3v) is 5.64. The van der Waals surface area contributed by atoms with E-state index in [9.17, 15) is 9.59 Å². The predicted molar refractivity (Wildman–Crippen MR) is 109 cm³/mol. The Kier molecular flexibility index (Phi) is 5.14. The summed E-state index contributed by atoms with van der Waals surface area (Å²) in [5, 5.41) is 3.34. The molecule has 0 fully saturated rings. The zero-order valence-electron chi connectivity index (χ0n) is 17.0. The number of furan rings is 1. The van der Waals surface area contributed by atoms with Gasteiger partial charge in [0.1, 0.15) is 11.5 Å². The maximum Gasteiger partial charge on any atom is 0.336 e. The number of ketones is 1. The van der Waals surface area contributed by atoms with Crippen molar-refractivity contribution in [1.29, 1.82) is 0 Å². The fourth-order valence-electron chi connectivity index (χ4n) is 4.37. The summed E-state index contributed by atoms with van der Waals surface area (Å²) in [5.41, 5.74) is 3.81. The van der Waals surface area contributed by atoms with Gasteiger partial charge < -0.3 is 14.5 Å². The van der Waals surface area contributed by atoms with Crippen molar-refractivity contribution in [1.82, 2.24) is 5.32 Å². The Bertz CT molecular complexity index is 1010. The van der Waals surface area contributed by atoms with Crippen LogP contribution in [0.25, 0.3) is 0 Å². The van der Waals surface area contributed by atoms with Gasteiger partial charge in [-0.25, -0.2) is 4.79 Å². The highest BCUT2D eigenvalue weighted by molar-refractivity contribution is 6.04. The van der Waals surface area contributed by atoms with Crippen molar-refractivity contribution in [3.63, 3.8) is 0 Å². The van der Waals surface area contributed by atoms with E-state index in [2.05, 4.69) is 17.4 Å². The smallest absolute Gasteiger partial charge is 0.336 e. The molecule has 1 aromatic carbocycles. The van der Waals surface area contributed by atoms with Crippen molar-refractivity contribution in [3.05, 3.63) is 82.1 Å². The Labute approximate surface area is 170 Å². The van der Waals surface area contributed by atoms with Gasteiger partial charge in [0.2, 0.25) is 0 Å². The molecular weight excluding hydrogens is 366 g/mol. The molecule has 2 aromatic rings. The first-order valence-electron chi connectivity index (χ1n) is 10.0. The van der Waals surface area contributed by atoms with E-state index in [1.54, 1.807) is 6.92 Å². The van der Waals surface area contributed by atoms with E-state index in [1.165, 1.54) is 0 Å². The fourth-order valence-corrected chi connectivity index (χ4v) is 4.37. The van der Waals surface area contributed by atoms with Gasteiger partial charge in [-0.1, -0.05) is 30.3 Å². The predicted octanol–water partition coefficient (Wildman–Crippen LogP) is 4.51. The molecule has 5 nitrogen and oxygen atoms in total. The molecule has 0 amide bonds. The van der Waals surface area contributed by atoms with E-state index >= 15 is 0 Å². The summed E-state index contributed by atoms with van der Waals surface area (Å²) in [6.07, 6.45) is 1.13. The standard InChI is InChI=1S/C24H25NO4/c1-4-28-24(27)21-15(3)25-18-12-17(16-8-6-5-7-9-16)13-19(26)22(18)23(21)20-11-10-14(2)29-20/h5-11,17,23,25H,4,12-13H2,1-3H3/t17-,23+/m1/s1. The zero-order valence-corrected chi connectivity index (χ0v) is 17.0. The number of nitrogens with one attached hydrogen (secondary N) is 1. The third-order valence-electron chi connectivity index (χ3n) is 5.64. The maximum atomic E-state index is 13.3. The lowest BCUT2D eigenvalue weighted by molar-refractivity contribution is -0.138. The SMILES string of the molecule is CCOC(=O)C1=C(C)NC2=C(C(=O)C[C@H](c3ccccc3)C2)[C@H]1c1ccc(C)o1. The lowest BCUT2D eigenvalue weighted by Crippen LogP contribution is -2.36. The van der Waals surface area contributed by atoms with Gasteiger partial charge in [0, 0.05) is 23.4 Å². The molecule has 0 radical (unpaired) electrons. The molecule has 0 unspecified atom stereocenters. The molecule has 0 saturated heterocycles. The average molecular weight is 391 g/mol. The molecule has 0 bridgehead atoms. The Morgan fingerprint density at radius 3 is 2.55 bits per heavy atom. The number of Topliss-reactive ketones (excluding diaryl/α,β-unsaturated/α-hetero) is 1. The summed E-state index contributed by atoms with van der Waals surface area (Å²) in [6, 6.07) is 13.8. The van der Waals surface area contributed by atoms with Crippen molar-refractivity contribution in [2.75, 3.05) is 6.61 Å². The molecule has 1 aliphatic heterocycles. The Morgan fingerprint density at radius 1 is 1.14 bits per heavy atom. The van der Waals surface area contributed by atoms with E-state index in [0.29, 0.717) is 35.4 Å². The topological polar surface area (TPSA) is 68.5 Å². The van der Waals surface area contributed by atoms with Crippen molar-refractivity contribution >= 4 is 11.8 Å². The molecule has 2 heterocycles. The number of ether oxygens (including phenoxy) is 1. The second kappa shape index (κ2) is 7.74. The average Bonchev–Trinajstić information content (AvgIpc) is 3.13. The number of carbonyl (C=O) groups excluding carboxylic acids is 2. The van der Waals surface area contributed by atoms with Gasteiger partial charge in [-0.3, -0.25) is 4.79 Å². The van der Waals surface area contributed by atoms with Crippen LogP contribution in [0.2, 0.25) is 0 Å². The molecule has 1 aliphatic carbocycles. The first-order valence-corrected chi connectivity index (χ1v) is 10.0. The molecule has 0 saturated carbocycles. The van der Waals surface area contributed by atoms with E-state index in [-0.39, 0.29) is 18.3 Å². The van der Waals surface area contributed by atoms with Crippen LogP contribution in [0.4, 0.5) is 0 Å². The molecule has 1 N–H and O–H groups in total. The normalized spacial score (nSPS) is 21.7. The van der Waals surface area contributed by atoms with Crippen LogP contribution in [0.1, 0.15) is 55.6 Å². The minimum atomic E-state index is -0.539. The lowest BCUT2D eigenvalue weighted by atomic mass is 9.73. The number of esters is 1. The van der Waals surface area contributed by atoms with Crippen molar-refractivity contribution in [2.24, 2.45) is 0 Å². The number of hydrogen-bond donors (Lipinski definition) is 1. The largest absolute Gasteiger partial charge is 0.465 e. The van der Waals surface area contributed by atoms with Gasteiger partial charge in [-0.15, -0.1) is 0 Å². The zero-order chi connectivity index (χ0) is 20.5. The summed E-state index contributed by atoms with van der Waals surface area (Å²) in [7, 11) is 0. The number of aryl methyl sites for hydroxylation is 1. The van der Waals surface area contributed by atoms with Gasteiger partial charge in [0.15, 0.2) is 5.78 Å². The minimum Gasteiger partial charge on any atom is -0.465 e. The Hall–Kier alpha value is -3.08. The molecule has 1 aromatic heterocycles. The highest BCUT2D eigenvalue weighted by atomic mass is 16.5. The summed E-state index contributed by atoms with van der Waals surface area (Å²) in [5.74, 6) is 0.550. The van der Waals surface area contributed by atoms with Crippen molar-refractivity contribution < 1.29 is 18.7 Å². The maximum absolute atomic E-state index is 13.3.